The number of carbonyl (C=O) groups excluding carboxylic acids is 3. The Labute approximate surface area is 171 Å². The van der Waals surface area contributed by atoms with E-state index in [1.165, 1.54) is 9.80 Å². The standard InChI is InChI=1S/C22H41N3O3/c1-9-10-11-17(6)14-18(21(23)27)24(7)22(28)20(16(4)5)25(8)19(26)13-12-15(2)3/h9-10,15-18,20H,11-14H2,1-8H3,(H2,23,27)/b10-9+/t17-,18-,20+/m1/s1. The average molecular weight is 396 g/mol. The third kappa shape index (κ3) is 8.44. The van der Waals surface area contributed by atoms with Crippen LogP contribution in [0, 0.1) is 17.8 Å². The molecule has 0 aliphatic carbocycles. The molecule has 162 valence electrons. The van der Waals surface area contributed by atoms with Crippen LogP contribution >= 0.6 is 0 Å². The lowest BCUT2D eigenvalue weighted by molar-refractivity contribution is -0.149. The second kappa shape index (κ2) is 12.6. The van der Waals surface area contributed by atoms with E-state index in [1.807, 2.05) is 39.8 Å². The molecule has 0 saturated carbocycles. The van der Waals surface area contributed by atoms with Gasteiger partial charge in [0.15, 0.2) is 0 Å². The maximum Gasteiger partial charge on any atom is 0.246 e. The summed E-state index contributed by atoms with van der Waals surface area (Å²) in [5.74, 6) is -0.238. The lowest BCUT2D eigenvalue weighted by atomic mass is 9.95. The molecule has 0 rings (SSSR count). The maximum atomic E-state index is 13.2. The third-order valence-corrected chi connectivity index (χ3v) is 5.17. The minimum absolute atomic E-state index is 0.0498. The van der Waals surface area contributed by atoms with Crippen molar-refractivity contribution in [2.75, 3.05) is 14.1 Å². The molecule has 0 spiro atoms. The van der Waals surface area contributed by atoms with Gasteiger partial charge in [0.05, 0.1) is 0 Å². The smallest absolute Gasteiger partial charge is 0.246 e. The monoisotopic (exact) mass is 395 g/mol. The molecule has 0 heterocycles. The molecule has 3 atom stereocenters. The number of hydrogen-bond donors (Lipinski definition) is 1. The topological polar surface area (TPSA) is 83.7 Å². The number of nitrogens with two attached hydrogens (primary N) is 1. The van der Waals surface area contributed by atoms with Crippen molar-refractivity contribution in [3.8, 4) is 0 Å². The molecule has 0 fully saturated rings. The number of amides is 3. The minimum atomic E-state index is -0.687. The predicted octanol–water partition coefficient (Wildman–Crippen LogP) is 3.21. The second-order valence-electron chi connectivity index (χ2n) is 8.64. The number of rotatable bonds is 12. The van der Waals surface area contributed by atoms with Crippen molar-refractivity contribution in [1.82, 2.24) is 9.80 Å². The fourth-order valence-electron chi connectivity index (χ4n) is 3.31. The highest BCUT2D eigenvalue weighted by molar-refractivity contribution is 5.91. The largest absolute Gasteiger partial charge is 0.368 e. The Morgan fingerprint density at radius 1 is 1.00 bits per heavy atom. The Hall–Kier alpha value is -1.85. The van der Waals surface area contributed by atoms with Crippen molar-refractivity contribution in [3.05, 3.63) is 12.2 Å². The van der Waals surface area contributed by atoms with Crippen molar-refractivity contribution in [2.45, 2.75) is 79.3 Å². The summed E-state index contributed by atoms with van der Waals surface area (Å²) in [4.78, 5) is 40.8. The molecule has 6 nitrogen and oxygen atoms in total. The first kappa shape index (κ1) is 26.1. The second-order valence-corrected chi connectivity index (χ2v) is 8.64. The predicted molar refractivity (Wildman–Crippen MR) is 114 cm³/mol. The highest BCUT2D eigenvalue weighted by atomic mass is 16.2. The number of allylic oxidation sites excluding steroid dienone is 2. The van der Waals surface area contributed by atoms with Gasteiger partial charge in [-0.2, -0.15) is 0 Å². The molecule has 0 saturated heterocycles. The average Bonchev–Trinajstić information content (AvgIpc) is 2.60. The van der Waals surface area contributed by atoms with Crippen LogP contribution in [0.1, 0.15) is 67.2 Å². The Morgan fingerprint density at radius 2 is 1.57 bits per heavy atom. The molecule has 28 heavy (non-hydrogen) atoms. The molecule has 6 heteroatoms. The number of likely N-dealkylation sites (N-methyl/N-ethyl adjacent to an activating group) is 2. The summed E-state index contributed by atoms with van der Waals surface area (Å²) in [5.41, 5.74) is 5.61. The van der Waals surface area contributed by atoms with Crippen LogP contribution in [0.3, 0.4) is 0 Å². The summed E-state index contributed by atoms with van der Waals surface area (Å²) in [6.07, 6.45) is 6.53. The van der Waals surface area contributed by atoms with Gasteiger partial charge in [-0.15, -0.1) is 0 Å². The number of carbonyl (C=O) groups is 3. The Kier molecular flexibility index (Phi) is 11.7. The number of nitrogens with zero attached hydrogens (tertiary/aromatic N) is 2. The first-order valence-corrected chi connectivity index (χ1v) is 10.4. The summed E-state index contributed by atoms with van der Waals surface area (Å²) in [5, 5.41) is 0. The Bertz CT molecular complexity index is 543. The zero-order valence-electron chi connectivity index (χ0n) is 19.1. The quantitative estimate of drug-likeness (QED) is 0.515. The summed E-state index contributed by atoms with van der Waals surface area (Å²) in [6, 6.07) is -1.30. The van der Waals surface area contributed by atoms with Gasteiger partial charge >= 0.3 is 0 Å². The van der Waals surface area contributed by atoms with Crippen molar-refractivity contribution in [2.24, 2.45) is 23.5 Å². The van der Waals surface area contributed by atoms with Gasteiger partial charge < -0.3 is 15.5 Å². The summed E-state index contributed by atoms with van der Waals surface area (Å²) >= 11 is 0. The molecule has 2 N–H and O–H groups in total. The summed E-state index contributed by atoms with van der Waals surface area (Å²) < 4.78 is 0. The van der Waals surface area contributed by atoms with Gasteiger partial charge in [0.25, 0.3) is 0 Å². The normalized spacial score (nSPS) is 14.9. The van der Waals surface area contributed by atoms with Gasteiger partial charge in [-0.1, -0.05) is 46.8 Å². The van der Waals surface area contributed by atoms with E-state index in [0.717, 1.165) is 12.8 Å². The van der Waals surface area contributed by atoms with Gasteiger partial charge in [0, 0.05) is 20.5 Å². The molecule has 0 aromatic rings. The van der Waals surface area contributed by atoms with E-state index < -0.39 is 18.0 Å². The number of primary amides is 1. The first-order valence-electron chi connectivity index (χ1n) is 10.4. The van der Waals surface area contributed by atoms with Crippen LogP contribution < -0.4 is 5.73 Å². The van der Waals surface area contributed by atoms with Crippen LogP contribution in [0.25, 0.3) is 0 Å². The van der Waals surface area contributed by atoms with Crippen molar-refractivity contribution < 1.29 is 14.4 Å². The van der Waals surface area contributed by atoms with Gasteiger partial charge in [-0.05, 0) is 43.9 Å². The maximum absolute atomic E-state index is 13.2. The van der Waals surface area contributed by atoms with Gasteiger partial charge in [-0.3, -0.25) is 14.4 Å². The molecule has 0 aromatic carbocycles. The van der Waals surface area contributed by atoms with Gasteiger partial charge in [0.1, 0.15) is 12.1 Å². The van der Waals surface area contributed by atoms with Crippen LogP contribution in [-0.2, 0) is 14.4 Å². The fourth-order valence-corrected chi connectivity index (χ4v) is 3.31. The fraction of sp³-hybridized carbons (Fsp3) is 0.773. The van der Waals surface area contributed by atoms with E-state index in [2.05, 4.69) is 13.8 Å². The molecule has 0 aromatic heterocycles. The van der Waals surface area contributed by atoms with E-state index in [4.69, 9.17) is 5.73 Å². The van der Waals surface area contributed by atoms with Crippen molar-refractivity contribution in [1.29, 1.82) is 0 Å². The molecule has 0 unspecified atom stereocenters. The molecule has 3 amide bonds. The summed E-state index contributed by atoms with van der Waals surface area (Å²) in [7, 11) is 3.29. The van der Waals surface area contributed by atoms with E-state index in [9.17, 15) is 14.4 Å². The van der Waals surface area contributed by atoms with Crippen molar-refractivity contribution in [3.63, 3.8) is 0 Å². The van der Waals surface area contributed by atoms with E-state index >= 15 is 0 Å². The first-order chi connectivity index (χ1) is 12.9. The van der Waals surface area contributed by atoms with E-state index in [-0.39, 0.29) is 23.7 Å². The Balaban J connectivity index is 5.38. The molecular formula is C22H41N3O3. The van der Waals surface area contributed by atoms with Crippen molar-refractivity contribution >= 4 is 17.7 Å². The van der Waals surface area contributed by atoms with E-state index in [1.54, 1.807) is 14.1 Å². The highest BCUT2D eigenvalue weighted by Crippen LogP contribution is 2.20. The Morgan fingerprint density at radius 3 is 2.00 bits per heavy atom. The minimum Gasteiger partial charge on any atom is -0.368 e. The zero-order chi connectivity index (χ0) is 22.0. The highest BCUT2D eigenvalue weighted by Gasteiger charge is 2.36. The molecule has 0 bridgehead atoms. The SMILES string of the molecule is C/C=C/C[C@@H](C)C[C@H](C(N)=O)N(C)C(=O)[C@H](C(C)C)N(C)C(=O)CCC(C)C. The molecule has 0 aliphatic heterocycles. The zero-order valence-corrected chi connectivity index (χ0v) is 19.1. The van der Waals surface area contributed by atoms with E-state index in [0.29, 0.717) is 18.8 Å². The third-order valence-electron chi connectivity index (χ3n) is 5.17. The van der Waals surface area contributed by atoms with Crippen LogP contribution in [-0.4, -0.2) is 53.7 Å². The number of hydrogen-bond acceptors (Lipinski definition) is 3. The lowest BCUT2D eigenvalue weighted by Crippen LogP contribution is -2.56. The lowest BCUT2D eigenvalue weighted by Gasteiger charge is -2.36. The van der Waals surface area contributed by atoms with Crippen LogP contribution in [0.5, 0.6) is 0 Å². The van der Waals surface area contributed by atoms with Crippen LogP contribution in [0.2, 0.25) is 0 Å². The summed E-state index contributed by atoms with van der Waals surface area (Å²) in [6.45, 7) is 12.0. The van der Waals surface area contributed by atoms with Crippen LogP contribution in [0.4, 0.5) is 0 Å². The molecular weight excluding hydrogens is 354 g/mol. The van der Waals surface area contributed by atoms with Gasteiger partial charge in [0.2, 0.25) is 17.7 Å². The van der Waals surface area contributed by atoms with Gasteiger partial charge in [-0.25, -0.2) is 0 Å². The van der Waals surface area contributed by atoms with Crippen LogP contribution in [0.15, 0.2) is 12.2 Å². The molecule has 0 aliphatic rings. The molecule has 0 radical (unpaired) electrons.